The molecule has 0 saturated heterocycles. The van der Waals surface area contributed by atoms with Crippen molar-refractivity contribution in [3.63, 3.8) is 0 Å². The molecule has 18 heavy (non-hydrogen) atoms. The minimum atomic E-state index is 0.519. The lowest BCUT2D eigenvalue weighted by Gasteiger charge is -2.02. The van der Waals surface area contributed by atoms with E-state index in [1.165, 1.54) is 5.69 Å². The van der Waals surface area contributed by atoms with Gasteiger partial charge in [-0.3, -0.25) is 0 Å². The molecule has 0 aliphatic heterocycles. The Morgan fingerprint density at radius 1 is 0.944 bits per heavy atom. The standard InChI is InChI=1S/C16H20N2/c17-14-10-5-3-1-2-4-6-11-15-18-16-12-8-7-9-13-16/h3-9,12-13,18H,1-2,10-11,15H2/b5-3+,6-4+. The molecule has 2 nitrogen and oxygen atoms in total. The van der Waals surface area contributed by atoms with Gasteiger partial charge in [-0.25, -0.2) is 0 Å². The molecule has 0 aromatic heterocycles. The highest BCUT2D eigenvalue weighted by Crippen LogP contribution is 2.04. The molecule has 1 N–H and O–H groups in total. The second-order valence-electron chi connectivity index (χ2n) is 3.96. The summed E-state index contributed by atoms with van der Waals surface area (Å²) >= 11 is 0. The molecule has 1 aromatic rings. The first-order valence-electron chi connectivity index (χ1n) is 6.39. The topological polar surface area (TPSA) is 35.8 Å². The molecule has 0 amide bonds. The Kier molecular flexibility index (Phi) is 7.93. The molecule has 0 aliphatic rings. The van der Waals surface area contributed by atoms with Gasteiger partial charge in [0.1, 0.15) is 0 Å². The average Bonchev–Trinajstić information content (AvgIpc) is 2.42. The first-order valence-corrected chi connectivity index (χ1v) is 6.39. The summed E-state index contributed by atoms with van der Waals surface area (Å²) in [4.78, 5) is 0. The Balaban J connectivity index is 1.99. The number of nitrogens with zero attached hydrogens (tertiary/aromatic N) is 1. The lowest BCUT2D eigenvalue weighted by atomic mass is 10.2. The molecule has 1 aromatic carbocycles. The summed E-state index contributed by atoms with van der Waals surface area (Å²) in [5.41, 5.74) is 1.17. The highest BCUT2D eigenvalue weighted by Gasteiger charge is 1.86. The van der Waals surface area contributed by atoms with Gasteiger partial charge >= 0.3 is 0 Å². The van der Waals surface area contributed by atoms with Gasteiger partial charge in [0.15, 0.2) is 0 Å². The predicted octanol–water partition coefficient (Wildman–Crippen LogP) is 4.29. The number of anilines is 1. The zero-order chi connectivity index (χ0) is 12.9. The van der Waals surface area contributed by atoms with Crippen LogP contribution in [-0.2, 0) is 0 Å². The van der Waals surface area contributed by atoms with Crippen LogP contribution in [0.5, 0.6) is 0 Å². The third-order valence-corrected chi connectivity index (χ3v) is 2.46. The number of nitriles is 1. The quantitative estimate of drug-likeness (QED) is 0.543. The SMILES string of the molecule is N#CC/C=C/CC/C=C/CCNc1ccccc1. The number of para-hydroxylation sites is 1. The van der Waals surface area contributed by atoms with Gasteiger partial charge in [-0.05, 0) is 31.4 Å². The van der Waals surface area contributed by atoms with Crippen molar-refractivity contribution in [2.24, 2.45) is 0 Å². The molecular formula is C16H20N2. The van der Waals surface area contributed by atoms with Crippen LogP contribution in [0.2, 0.25) is 0 Å². The normalized spacial score (nSPS) is 10.8. The van der Waals surface area contributed by atoms with Gasteiger partial charge < -0.3 is 5.32 Å². The highest BCUT2D eigenvalue weighted by atomic mass is 14.9. The van der Waals surface area contributed by atoms with Crippen LogP contribution < -0.4 is 5.32 Å². The number of rotatable bonds is 8. The van der Waals surface area contributed by atoms with E-state index in [-0.39, 0.29) is 0 Å². The number of allylic oxidation sites excluding steroid dienone is 3. The van der Waals surface area contributed by atoms with Gasteiger partial charge in [-0.15, -0.1) is 0 Å². The number of benzene rings is 1. The summed E-state index contributed by atoms with van der Waals surface area (Å²) in [5, 5.41) is 11.7. The van der Waals surface area contributed by atoms with Gasteiger partial charge in [0.25, 0.3) is 0 Å². The number of hydrogen-bond acceptors (Lipinski definition) is 2. The van der Waals surface area contributed by atoms with Crippen molar-refractivity contribution in [1.29, 1.82) is 5.26 Å². The molecule has 0 unspecified atom stereocenters. The van der Waals surface area contributed by atoms with Gasteiger partial charge in [0.05, 0.1) is 12.5 Å². The van der Waals surface area contributed by atoms with E-state index in [2.05, 4.69) is 41.7 Å². The zero-order valence-corrected chi connectivity index (χ0v) is 10.7. The van der Waals surface area contributed by atoms with Crippen LogP contribution in [0.15, 0.2) is 54.6 Å². The molecule has 0 heterocycles. The van der Waals surface area contributed by atoms with E-state index >= 15 is 0 Å². The lowest BCUT2D eigenvalue weighted by Crippen LogP contribution is -1.99. The Morgan fingerprint density at radius 3 is 2.33 bits per heavy atom. The Morgan fingerprint density at radius 2 is 1.61 bits per heavy atom. The van der Waals surface area contributed by atoms with E-state index in [0.29, 0.717) is 6.42 Å². The summed E-state index contributed by atoms with van der Waals surface area (Å²) in [6.07, 6.45) is 12.0. The van der Waals surface area contributed by atoms with Gasteiger partial charge in [-0.2, -0.15) is 5.26 Å². The van der Waals surface area contributed by atoms with Gasteiger partial charge in [-0.1, -0.05) is 42.5 Å². The number of nitrogens with one attached hydrogen (secondary N) is 1. The molecule has 0 bridgehead atoms. The van der Waals surface area contributed by atoms with Crippen molar-refractivity contribution < 1.29 is 0 Å². The molecule has 0 spiro atoms. The summed E-state index contributed by atoms with van der Waals surface area (Å²) in [7, 11) is 0. The Hall–Kier alpha value is -2.01. The maximum atomic E-state index is 8.34. The summed E-state index contributed by atoms with van der Waals surface area (Å²) in [6.45, 7) is 0.963. The fourth-order valence-electron chi connectivity index (χ4n) is 1.54. The molecular weight excluding hydrogens is 220 g/mol. The van der Waals surface area contributed by atoms with Crippen molar-refractivity contribution in [2.45, 2.75) is 25.7 Å². The monoisotopic (exact) mass is 240 g/mol. The fourth-order valence-corrected chi connectivity index (χ4v) is 1.54. The van der Waals surface area contributed by atoms with Gasteiger partial charge in [0, 0.05) is 12.2 Å². The Labute approximate surface area is 110 Å². The third-order valence-electron chi connectivity index (χ3n) is 2.46. The molecule has 1 rings (SSSR count). The molecule has 0 atom stereocenters. The minimum absolute atomic E-state index is 0.519. The van der Waals surface area contributed by atoms with Gasteiger partial charge in [0.2, 0.25) is 0 Å². The van der Waals surface area contributed by atoms with Crippen LogP contribution in [0, 0.1) is 11.3 Å². The maximum Gasteiger partial charge on any atom is 0.0663 e. The van der Waals surface area contributed by atoms with Crippen molar-refractivity contribution in [1.82, 2.24) is 0 Å². The predicted molar refractivity (Wildman–Crippen MR) is 77.3 cm³/mol. The first-order chi connectivity index (χ1) is 8.93. The van der Waals surface area contributed by atoms with E-state index in [1.54, 1.807) is 0 Å². The van der Waals surface area contributed by atoms with Crippen LogP contribution in [0.3, 0.4) is 0 Å². The molecule has 0 aliphatic carbocycles. The molecule has 2 heteroatoms. The van der Waals surface area contributed by atoms with Crippen LogP contribution in [0.4, 0.5) is 5.69 Å². The minimum Gasteiger partial charge on any atom is -0.385 e. The smallest absolute Gasteiger partial charge is 0.0663 e. The summed E-state index contributed by atoms with van der Waals surface area (Å²) in [5.74, 6) is 0. The van der Waals surface area contributed by atoms with Crippen LogP contribution in [0.1, 0.15) is 25.7 Å². The van der Waals surface area contributed by atoms with Crippen molar-refractivity contribution >= 4 is 5.69 Å². The second-order valence-corrected chi connectivity index (χ2v) is 3.96. The maximum absolute atomic E-state index is 8.34. The lowest BCUT2D eigenvalue weighted by molar-refractivity contribution is 1.01. The zero-order valence-electron chi connectivity index (χ0n) is 10.7. The number of hydrogen-bond donors (Lipinski definition) is 1. The summed E-state index contributed by atoms with van der Waals surface area (Å²) < 4.78 is 0. The highest BCUT2D eigenvalue weighted by molar-refractivity contribution is 5.42. The van der Waals surface area contributed by atoms with E-state index in [9.17, 15) is 0 Å². The Bertz CT molecular complexity index is 399. The van der Waals surface area contributed by atoms with E-state index in [1.807, 2.05) is 24.3 Å². The first kappa shape index (κ1) is 14.1. The van der Waals surface area contributed by atoms with Crippen molar-refractivity contribution in [3.8, 4) is 6.07 Å². The molecule has 0 fully saturated rings. The number of unbranched alkanes of at least 4 members (excludes halogenated alkanes) is 1. The second kappa shape index (κ2) is 10.2. The molecule has 0 saturated carbocycles. The van der Waals surface area contributed by atoms with Crippen LogP contribution >= 0.6 is 0 Å². The van der Waals surface area contributed by atoms with E-state index in [0.717, 1.165) is 25.8 Å². The van der Waals surface area contributed by atoms with E-state index < -0.39 is 0 Å². The molecule has 94 valence electrons. The van der Waals surface area contributed by atoms with Crippen molar-refractivity contribution in [2.75, 3.05) is 11.9 Å². The van der Waals surface area contributed by atoms with Crippen molar-refractivity contribution in [3.05, 3.63) is 54.6 Å². The fraction of sp³-hybridized carbons (Fsp3) is 0.312. The van der Waals surface area contributed by atoms with Crippen LogP contribution in [-0.4, -0.2) is 6.54 Å². The molecule has 0 radical (unpaired) electrons. The summed E-state index contributed by atoms with van der Waals surface area (Å²) in [6, 6.07) is 12.3. The largest absolute Gasteiger partial charge is 0.385 e. The third kappa shape index (κ3) is 7.29. The average molecular weight is 240 g/mol. The van der Waals surface area contributed by atoms with Crippen LogP contribution in [0.25, 0.3) is 0 Å². The van der Waals surface area contributed by atoms with E-state index in [4.69, 9.17) is 5.26 Å².